The van der Waals surface area contributed by atoms with Crippen molar-refractivity contribution in [2.45, 2.75) is 36.9 Å². The molecule has 6 nitrogen and oxygen atoms in total. The summed E-state index contributed by atoms with van der Waals surface area (Å²) >= 11 is 0. The maximum Gasteiger partial charge on any atom is 0.154 e. The third-order valence-electron chi connectivity index (χ3n) is 3.68. The van der Waals surface area contributed by atoms with Crippen LogP contribution < -0.4 is 11.1 Å². The predicted molar refractivity (Wildman–Crippen MR) is 73.7 cm³/mol. The molecule has 0 bridgehead atoms. The van der Waals surface area contributed by atoms with Gasteiger partial charge >= 0.3 is 0 Å². The maximum absolute atomic E-state index is 11.7. The summed E-state index contributed by atoms with van der Waals surface area (Å²) in [7, 11) is -2.92. The van der Waals surface area contributed by atoms with Crippen molar-refractivity contribution < 1.29 is 8.42 Å². The Morgan fingerprint density at radius 3 is 2.74 bits per heavy atom. The molecule has 0 amide bonds. The van der Waals surface area contributed by atoms with Gasteiger partial charge in [0.2, 0.25) is 0 Å². The molecule has 0 aromatic carbocycles. The highest BCUT2D eigenvalue weighted by molar-refractivity contribution is 7.92. The number of nitrogen functional groups attached to an aromatic ring is 1. The molecule has 19 heavy (non-hydrogen) atoms. The molecule has 1 aliphatic carbocycles. The third kappa shape index (κ3) is 2.80. The topological polar surface area (TPSA) is 98.0 Å². The van der Waals surface area contributed by atoms with Gasteiger partial charge in [0.05, 0.1) is 11.0 Å². The van der Waals surface area contributed by atoms with E-state index < -0.39 is 9.84 Å². The molecule has 3 rings (SSSR count). The molecule has 3 N–H and O–H groups in total. The highest BCUT2D eigenvalue weighted by Gasteiger charge is 2.31. The molecule has 104 valence electrons. The largest absolute Gasteiger partial charge is 0.384 e. The first-order chi connectivity index (χ1) is 9.04. The Kier molecular flexibility index (Phi) is 3.08. The molecular formula is C12H18N4O2S. The Balaban J connectivity index is 1.69. The molecule has 2 fully saturated rings. The van der Waals surface area contributed by atoms with E-state index in [2.05, 4.69) is 15.3 Å². The number of hydrogen-bond acceptors (Lipinski definition) is 6. The number of anilines is 2. The van der Waals surface area contributed by atoms with E-state index >= 15 is 0 Å². The monoisotopic (exact) mass is 282 g/mol. The van der Waals surface area contributed by atoms with Crippen LogP contribution in [0.1, 0.15) is 37.4 Å². The molecule has 2 heterocycles. The predicted octanol–water partition coefficient (Wildman–Crippen LogP) is 0.925. The number of nitrogens with zero attached hydrogens (tertiary/aromatic N) is 2. The van der Waals surface area contributed by atoms with Gasteiger partial charge in [0.15, 0.2) is 9.84 Å². The summed E-state index contributed by atoms with van der Waals surface area (Å²) in [5.74, 6) is 2.58. The van der Waals surface area contributed by atoms with Gasteiger partial charge in [-0.2, -0.15) is 0 Å². The van der Waals surface area contributed by atoms with Crippen LogP contribution in [0.3, 0.4) is 0 Å². The van der Waals surface area contributed by atoms with Crippen LogP contribution in [0.15, 0.2) is 6.07 Å². The van der Waals surface area contributed by atoms with Crippen molar-refractivity contribution in [3.8, 4) is 0 Å². The second-order valence-corrected chi connectivity index (χ2v) is 7.72. The fourth-order valence-electron chi connectivity index (χ4n) is 2.41. The summed E-state index contributed by atoms with van der Waals surface area (Å²) in [5, 5.41) is 2.80. The zero-order chi connectivity index (χ0) is 13.5. The minimum Gasteiger partial charge on any atom is -0.384 e. The Labute approximate surface area is 112 Å². The van der Waals surface area contributed by atoms with Gasteiger partial charge in [0.25, 0.3) is 0 Å². The molecule has 0 radical (unpaired) electrons. The smallest absolute Gasteiger partial charge is 0.154 e. The Morgan fingerprint density at radius 2 is 2.11 bits per heavy atom. The number of nitrogens with one attached hydrogen (secondary N) is 1. The molecule has 0 spiro atoms. The van der Waals surface area contributed by atoms with Gasteiger partial charge in [0, 0.05) is 18.5 Å². The van der Waals surface area contributed by atoms with E-state index in [9.17, 15) is 8.42 Å². The van der Waals surface area contributed by atoms with E-state index in [1.807, 2.05) is 0 Å². The molecule has 1 unspecified atom stereocenters. The average Bonchev–Trinajstić information content (AvgIpc) is 3.12. The number of nitrogens with two attached hydrogens (primary N) is 1. The minimum atomic E-state index is -2.92. The lowest BCUT2D eigenvalue weighted by Gasteiger charge is -2.12. The van der Waals surface area contributed by atoms with E-state index in [1.165, 1.54) is 0 Å². The van der Waals surface area contributed by atoms with Crippen LogP contribution >= 0.6 is 0 Å². The highest BCUT2D eigenvalue weighted by Crippen LogP contribution is 2.38. The molecule has 1 aromatic rings. The first-order valence-corrected chi connectivity index (χ1v) is 8.36. The molecule has 1 saturated heterocycles. The normalized spacial score (nSPS) is 25.4. The molecule has 1 atom stereocenters. The van der Waals surface area contributed by atoms with Crippen molar-refractivity contribution in [2.24, 2.45) is 0 Å². The second-order valence-electron chi connectivity index (χ2n) is 5.32. The molecule has 1 aliphatic heterocycles. The summed E-state index contributed by atoms with van der Waals surface area (Å²) in [4.78, 5) is 8.62. The fraction of sp³-hybridized carbons (Fsp3) is 0.667. The first-order valence-electron chi connectivity index (χ1n) is 6.64. The zero-order valence-electron chi connectivity index (χ0n) is 10.7. The SMILES string of the molecule is Nc1cc(NCC2CCCS2(=O)=O)nc(C2CC2)n1. The average molecular weight is 282 g/mol. The van der Waals surface area contributed by atoms with E-state index in [4.69, 9.17) is 5.73 Å². The number of aromatic nitrogens is 2. The van der Waals surface area contributed by atoms with Crippen LogP contribution in [0, 0.1) is 0 Å². The van der Waals surface area contributed by atoms with Crippen LogP contribution in [-0.2, 0) is 9.84 Å². The van der Waals surface area contributed by atoms with Crippen LogP contribution in [0.2, 0.25) is 0 Å². The Bertz CT molecular complexity index is 583. The van der Waals surface area contributed by atoms with Crippen molar-refractivity contribution in [1.82, 2.24) is 9.97 Å². The minimum absolute atomic E-state index is 0.298. The Morgan fingerprint density at radius 1 is 1.32 bits per heavy atom. The second kappa shape index (κ2) is 4.63. The summed E-state index contributed by atoms with van der Waals surface area (Å²) in [5.41, 5.74) is 5.75. The lowest BCUT2D eigenvalue weighted by Crippen LogP contribution is -2.25. The van der Waals surface area contributed by atoms with Gasteiger partial charge in [-0.1, -0.05) is 0 Å². The summed E-state index contributed by atoms with van der Waals surface area (Å²) in [6.07, 6.45) is 3.71. The molecule has 2 aliphatic rings. The third-order valence-corrected chi connectivity index (χ3v) is 5.96. The van der Waals surface area contributed by atoms with Crippen molar-refractivity contribution in [3.05, 3.63) is 11.9 Å². The lowest BCUT2D eigenvalue weighted by atomic mass is 10.2. The van der Waals surface area contributed by atoms with E-state index in [0.717, 1.165) is 31.5 Å². The first kappa shape index (κ1) is 12.7. The molecule has 1 saturated carbocycles. The van der Waals surface area contributed by atoms with Crippen molar-refractivity contribution in [1.29, 1.82) is 0 Å². The van der Waals surface area contributed by atoms with Gasteiger partial charge in [-0.3, -0.25) is 0 Å². The van der Waals surface area contributed by atoms with Gasteiger partial charge in [-0.05, 0) is 25.7 Å². The fourth-order valence-corrected chi connectivity index (χ4v) is 4.17. The summed E-state index contributed by atoms with van der Waals surface area (Å²) in [6.45, 7) is 0.406. The van der Waals surface area contributed by atoms with Gasteiger partial charge in [-0.15, -0.1) is 0 Å². The molecule has 1 aromatic heterocycles. The number of sulfone groups is 1. The van der Waals surface area contributed by atoms with Crippen molar-refractivity contribution in [2.75, 3.05) is 23.3 Å². The number of hydrogen-bond donors (Lipinski definition) is 2. The van der Waals surface area contributed by atoms with Crippen LogP contribution in [0.4, 0.5) is 11.6 Å². The lowest BCUT2D eigenvalue weighted by molar-refractivity contribution is 0.591. The van der Waals surface area contributed by atoms with Crippen molar-refractivity contribution in [3.63, 3.8) is 0 Å². The van der Waals surface area contributed by atoms with Gasteiger partial charge < -0.3 is 11.1 Å². The van der Waals surface area contributed by atoms with Crippen LogP contribution in [0.5, 0.6) is 0 Å². The quantitative estimate of drug-likeness (QED) is 0.852. The molecular weight excluding hydrogens is 264 g/mol. The van der Waals surface area contributed by atoms with E-state index in [1.54, 1.807) is 6.07 Å². The van der Waals surface area contributed by atoms with Crippen LogP contribution in [-0.4, -0.2) is 35.9 Å². The summed E-state index contributed by atoms with van der Waals surface area (Å²) < 4.78 is 23.5. The van der Waals surface area contributed by atoms with Crippen LogP contribution in [0.25, 0.3) is 0 Å². The highest BCUT2D eigenvalue weighted by atomic mass is 32.2. The molecule has 7 heteroatoms. The van der Waals surface area contributed by atoms with Gasteiger partial charge in [-0.25, -0.2) is 18.4 Å². The van der Waals surface area contributed by atoms with Gasteiger partial charge in [0.1, 0.15) is 17.5 Å². The Hall–Kier alpha value is -1.37. The van der Waals surface area contributed by atoms with E-state index in [-0.39, 0.29) is 5.25 Å². The van der Waals surface area contributed by atoms with Crippen molar-refractivity contribution >= 4 is 21.5 Å². The standard InChI is InChI=1S/C12H18N4O2S/c13-10-6-11(16-12(15-10)8-3-4-8)14-7-9-2-1-5-19(9,17)18/h6,8-9H,1-5,7H2,(H3,13,14,15,16). The van der Waals surface area contributed by atoms with E-state index in [0.29, 0.717) is 29.9 Å². The maximum atomic E-state index is 11.7. The zero-order valence-corrected chi connectivity index (χ0v) is 11.5. The number of rotatable bonds is 4. The summed E-state index contributed by atoms with van der Waals surface area (Å²) in [6, 6.07) is 1.66.